The number of aromatic nitrogens is 3. The molecule has 3 aromatic heterocycles. The summed E-state index contributed by atoms with van der Waals surface area (Å²) in [5.41, 5.74) is -0.151. The van der Waals surface area contributed by atoms with Crippen LogP contribution in [0, 0.1) is 0 Å². The van der Waals surface area contributed by atoms with Gasteiger partial charge in [0, 0.05) is 25.1 Å². The second kappa shape index (κ2) is 10.2. The summed E-state index contributed by atoms with van der Waals surface area (Å²) in [6, 6.07) is 7.41. The molecule has 0 aliphatic rings. The van der Waals surface area contributed by atoms with Crippen LogP contribution in [0.5, 0.6) is 0 Å². The standard InChI is InChI=1S/C19H24N6O2.HI/c1-3-21-18(24-13-19(2,26)16-5-4-10-27-16)23-12-15-6-7-17(22-11-15)25-9-8-20-14-25;/h4-11,14,26H,3,12-13H2,1-2H3,(H2,21,23,24);1H. The van der Waals surface area contributed by atoms with Gasteiger partial charge in [0.2, 0.25) is 0 Å². The number of imidazole rings is 1. The zero-order chi connectivity index (χ0) is 19.1. The van der Waals surface area contributed by atoms with Crippen molar-refractivity contribution in [3.63, 3.8) is 0 Å². The highest BCUT2D eigenvalue weighted by molar-refractivity contribution is 14.0. The van der Waals surface area contributed by atoms with E-state index in [-0.39, 0.29) is 30.5 Å². The third-order valence-electron chi connectivity index (χ3n) is 3.99. The number of hydrogen-bond donors (Lipinski definition) is 3. The first-order valence-corrected chi connectivity index (χ1v) is 8.80. The molecule has 0 aliphatic heterocycles. The van der Waals surface area contributed by atoms with Crippen LogP contribution in [-0.4, -0.2) is 38.7 Å². The number of hydrogen-bond acceptors (Lipinski definition) is 5. The molecule has 1 atom stereocenters. The summed E-state index contributed by atoms with van der Waals surface area (Å²) in [5.74, 6) is 1.92. The zero-order valence-electron chi connectivity index (χ0n) is 15.9. The maximum Gasteiger partial charge on any atom is 0.191 e. The molecule has 3 N–H and O–H groups in total. The van der Waals surface area contributed by atoms with Crippen LogP contribution in [0.3, 0.4) is 0 Å². The van der Waals surface area contributed by atoms with Gasteiger partial charge in [-0.1, -0.05) is 6.07 Å². The Balaban J connectivity index is 0.00000280. The van der Waals surface area contributed by atoms with E-state index in [4.69, 9.17) is 4.42 Å². The van der Waals surface area contributed by atoms with Crippen molar-refractivity contribution in [2.75, 3.05) is 13.1 Å². The lowest BCUT2D eigenvalue weighted by molar-refractivity contribution is 0.0386. The smallest absolute Gasteiger partial charge is 0.191 e. The molecule has 0 spiro atoms. The first-order chi connectivity index (χ1) is 13.1. The van der Waals surface area contributed by atoms with E-state index < -0.39 is 5.60 Å². The number of aliphatic imine (C=N–C) groups is 1. The number of nitrogens with one attached hydrogen (secondary N) is 2. The van der Waals surface area contributed by atoms with E-state index in [0.717, 1.165) is 11.4 Å². The lowest BCUT2D eigenvalue weighted by atomic mass is 10.0. The summed E-state index contributed by atoms with van der Waals surface area (Å²) in [6.07, 6.45) is 8.60. The first kappa shape index (κ1) is 21.9. The van der Waals surface area contributed by atoms with Gasteiger partial charge in [0.15, 0.2) is 5.96 Å². The molecule has 3 rings (SSSR count). The molecule has 0 saturated carbocycles. The van der Waals surface area contributed by atoms with E-state index in [1.54, 1.807) is 44.0 Å². The van der Waals surface area contributed by atoms with Crippen LogP contribution < -0.4 is 10.6 Å². The highest BCUT2D eigenvalue weighted by Crippen LogP contribution is 2.19. The van der Waals surface area contributed by atoms with Gasteiger partial charge in [0.1, 0.15) is 23.5 Å². The SMILES string of the molecule is CCNC(=NCc1ccc(-n2ccnc2)nc1)NCC(C)(O)c1ccco1.I. The molecular formula is C19H25IN6O2. The van der Waals surface area contributed by atoms with E-state index in [9.17, 15) is 5.11 Å². The quantitative estimate of drug-likeness (QED) is 0.264. The molecule has 1 unspecified atom stereocenters. The van der Waals surface area contributed by atoms with Gasteiger partial charge >= 0.3 is 0 Å². The molecule has 8 nitrogen and oxygen atoms in total. The summed E-state index contributed by atoms with van der Waals surface area (Å²) in [4.78, 5) is 13.0. The van der Waals surface area contributed by atoms with Gasteiger partial charge in [-0.2, -0.15) is 0 Å². The average molecular weight is 496 g/mol. The summed E-state index contributed by atoms with van der Waals surface area (Å²) < 4.78 is 7.14. The van der Waals surface area contributed by atoms with Gasteiger partial charge < -0.3 is 20.2 Å². The fourth-order valence-corrected chi connectivity index (χ4v) is 2.50. The van der Waals surface area contributed by atoms with Gasteiger partial charge in [-0.25, -0.2) is 15.0 Å². The number of guanidine groups is 1. The van der Waals surface area contributed by atoms with Gasteiger partial charge in [-0.3, -0.25) is 4.57 Å². The third-order valence-corrected chi connectivity index (χ3v) is 3.99. The van der Waals surface area contributed by atoms with E-state index in [0.29, 0.717) is 24.8 Å². The van der Waals surface area contributed by atoms with Crippen LogP contribution in [0.4, 0.5) is 0 Å². The number of pyridine rings is 1. The Bertz CT molecular complexity index is 845. The fourth-order valence-electron chi connectivity index (χ4n) is 2.50. The van der Waals surface area contributed by atoms with E-state index >= 15 is 0 Å². The van der Waals surface area contributed by atoms with Gasteiger partial charge in [-0.05, 0) is 37.6 Å². The van der Waals surface area contributed by atoms with Crippen LogP contribution >= 0.6 is 24.0 Å². The second-order valence-electron chi connectivity index (χ2n) is 6.29. The van der Waals surface area contributed by atoms with Gasteiger partial charge in [0.05, 0.1) is 19.4 Å². The summed E-state index contributed by atoms with van der Waals surface area (Å²) in [7, 11) is 0. The molecule has 0 saturated heterocycles. The zero-order valence-corrected chi connectivity index (χ0v) is 18.2. The topological polar surface area (TPSA) is 100 Å². The number of halogens is 1. The number of rotatable bonds is 7. The van der Waals surface area contributed by atoms with Crippen LogP contribution in [0.15, 0.2) is 64.9 Å². The van der Waals surface area contributed by atoms with E-state index in [1.807, 2.05) is 29.8 Å². The van der Waals surface area contributed by atoms with Crippen molar-refractivity contribution >= 4 is 29.9 Å². The number of aliphatic hydroxyl groups is 1. The molecule has 0 bridgehead atoms. The van der Waals surface area contributed by atoms with Crippen LogP contribution in [0.2, 0.25) is 0 Å². The molecule has 3 heterocycles. The largest absolute Gasteiger partial charge is 0.466 e. The predicted octanol–water partition coefficient (Wildman–Crippen LogP) is 2.44. The highest BCUT2D eigenvalue weighted by Gasteiger charge is 2.26. The lowest BCUT2D eigenvalue weighted by Crippen LogP contribution is -2.44. The van der Waals surface area contributed by atoms with Crippen LogP contribution in [-0.2, 0) is 12.1 Å². The minimum absolute atomic E-state index is 0. The number of furan rings is 1. The molecule has 0 aliphatic carbocycles. The maximum atomic E-state index is 10.5. The molecule has 150 valence electrons. The van der Waals surface area contributed by atoms with Gasteiger partial charge in [-0.15, -0.1) is 24.0 Å². The molecule has 0 amide bonds. The van der Waals surface area contributed by atoms with Crippen molar-refractivity contribution in [2.45, 2.75) is 26.0 Å². The van der Waals surface area contributed by atoms with Crippen molar-refractivity contribution in [2.24, 2.45) is 4.99 Å². The van der Waals surface area contributed by atoms with Gasteiger partial charge in [0.25, 0.3) is 0 Å². The molecule has 0 radical (unpaired) electrons. The second-order valence-corrected chi connectivity index (χ2v) is 6.29. The van der Waals surface area contributed by atoms with Crippen molar-refractivity contribution in [1.82, 2.24) is 25.2 Å². The highest BCUT2D eigenvalue weighted by atomic mass is 127. The third kappa shape index (κ3) is 5.80. The first-order valence-electron chi connectivity index (χ1n) is 8.80. The minimum Gasteiger partial charge on any atom is -0.466 e. The summed E-state index contributed by atoms with van der Waals surface area (Å²) >= 11 is 0. The van der Waals surface area contributed by atoms with Crippen LogP contribution in [0.25, 0.3) is 5.82 Å². The van der Waals surface area contributed by atoms with Crippen LogP contribution in [0.1, 0.15) is 25.2 Å². The van der Waals surface area contributed by atoms with Crippen molar-refractivity contribution in [3.8, 4) is 5.82 Å². The van der Waals surface area contributed by atoms with E-state index in [1.165, 1.54) is 0 Å². The molecule has 0 fully saturated rings. The molecular weight excluding hydrogens is 471 g/mol. The Kier molecular flexibility index (Phi) is 8.00. The van der Waals surface area contributed by atoms with Crippen molar-refractivity contribution < 1.29 is 9.52 Å². The Morgan fingerprint density at radius 1 is 1.32 bits per heavy atom. The minimum atomic E-state index is -1.13. The summed E-state index contributed by atoms with van der Waals surface area (Å²) in [6.45, 7) is 5.14. The Hall–Kier alpha value is -2.40. The molecule has 0 aromatic carbocycles. The number of nitrogens with zero attached hydrogens (tertiary/aromatic N) is 4. The maximum absolute atomic E-state index is 10.5. The average Bonchev–Trinajstić information content (AvgIpc) is 3.39. The Morgan fingerprint density at radius 3 is 2.79 bits per heavy atom. The van der Waals surface area contributed by atoms with Crippen molar-refractivity contribution in [1.29, 1.82) is 0 Å². The van der Waals surface area contributed by atoms with Crippen molar-refractivity contribution in [3.05, 3.63) is 66.8 Å². The lowest BCUT2D eigenvalue weighted by Gasteiger charge is -2.22. The van der Waals surface area contributed by atoms with E-state index in [2.05, 4.69) is 25.6 Å². The Morgan fingerprint density at radius 2 is 2.18 bits per heavy atom. The monoisotopic (exact) mass is 496 g/mol. The molecule has 3 aromatic rings. The summed E-state index contributed by atoms with van der Waals surface area (Å²) in [5, 5.41) is 16.9. The normalized spacial score (nSPS) is 13.5. The molecule has 28 heavy (non-hydrogen) atoms. The molecule has 9 heteroatoms. The Labute approximate surface area is 181 Å². The predicted molar refractivity (Wildman–Crippen MR) is 118 cm³/mol. The fraction of sp³-hybridized carbons (Fsp3) is 0.316.